The second-order valence-electron chi connectivity index (χ2n) is 7.16. The lowest BCUT2D eigenvalue weighted by molar-refractivity contribution is 0.152. The Balaban J connectivity index is 1.95. The van der Waals surface area contributed by atoms with Gasteiger partial charge in [0.2, 0.25) is 0 Å². The Morgan fingerprint density at radius 1 is 1.22 bits per heavy atom. The number of aromatic nitrogens is 2. The maximum atomic E-state index is 13.5. The Morgan fingerprint density at radius 3 is 2.52 bits per heavy atom. The number of rotatable bonds is 5. The summed E-state index contributed by atoms with van der Waals surface area (Å²) in [5.74, 6) is 0.667. The molecule has 4 nitrogen and oxygen atoms in total. The molecule has 2 aromatic rings. The highest BCUT2D eigenvalue weighted by atomic mass is 35.5. The standard InChI is InChI=1S/C20H24Cl2FN3O/c1-3-20(12-23)7-9-26(10-8-20)19-16(11-27)25-18(13(2)24-19)14-5-4-6-15(21)17(14)22/h4-6,27H,3,7-12H2,1-2H3. The van der Waals surface area contributed by atoms with Crippen LogP contribution in [0.1, 0.15) is 37.6 Å². The van der Waals surface area contributed by atoms with Gasteiger partial charge < -0.3 is 10.0 Å². The van der Waals surface area contributed by atoms with Crippen LogP contribution < -0.4 is 4.90 Å². The number of hydrogen-bond acceptors (Lipinski definition) is 4. The molecule has 27 heavy (non-hydrogen) atoms. The topological polar surface area (TPSA) is 49.2 Å². The van der Waals surface area contributed by atoms with Crippen LogP contribution >= 0.6 is 23.2 Å². The van der Waals surface area contributed by atoms with Crippen LogP contribution in [0.2, 0.25) is 10.0 Å². The zero-order valence-corrected chi connectivity index (χ0v) is 17.1. The first-order chi connectivity index (χ1) is 12.9. The van der Waals surface area contributed by atoms with Crippen LogP contribution in [0.15, 0.2) is 18.2 Å². The van der Waals surface area contributed by atoms with Crippen LogP contribution in [0.3, 0.4) is 0 Å². The maximum absolute atomic E-state index is 13.5. The molecule has 1 saturated heterocycles. The van der Waals surface area contributed by atoms with Gasteiger partial charge in [-0.3, -0.25) is 4.39 Å². The quantitative estimate of drug-likeness (QED) is 0.732. The second kappa shape index (κ2) is 8.29. The number of hydrogen-bond donors (Lipinski definition) is 1. The molecule has 1 aliphatic rings. The van der Waals surface area contributed by atoms with Gasteiger partial charge in [0.25, 0.3) is 0 Å². The Bertz CT molecular complexity index is 817. The number of benzene rings is 1. The third kappa shape index (κ3) is 3.91. The maximum Gasteiger partial charge on any atom is 0.153 e. The van der Waals surface area contributed by atoms with Crippen LogP contribution in [0.25, 0.3) is 11.3 Å². The van der Waals surface area contributed by atoms with Gasteiger partial charge in [0.1, 0.15) is 5.69 Å². The summed E-state index contributed by atoms with van der Waals surface area (Å²) in [4.78, 5) is 11.5. The second-order valence-corrected chi connectivity index (χ2v) is 7.95. The first-order valence-electron chi connectivity index (χ1n) is 9.18. The average Bonchev–Trinajstić information content (AvgIpc) is 2.70. The van der Waals surface area contributed by atoms with Crippen LogP contribution in [0, 0.1) is 12.3 Å². The van der Waals surface area contributed by atoms with Crippen LogP contribution in [0.4, 0.5) is 10.2 Å². The molecule has 1 N–H and O–H groups in total. The van der Waals surface area contributed by atoms with Gasteiger partial charge in [-0.1, -0.05) is 42.3 Å². The number of piperidine rings is 1. The largest absolute Gasteiger partial charge is 0.390 e. The van der Waals surface area contributed by atoms with E-state index in [1.165, 1.54) is 0 Å². The summed E-state index contributed by atoms with van der Waals surface area (Å²) < 4.78 is 13.5. The highest BCUT2D eigenvalue weighted by molar-refractivity contribution is 6.43. The molecule has 0 aliphatic carbocycles. The first-order valence-corrected chi connectivity index (χ1v) is 9.94. The van der Waals surface area contributed by atoms with Gasteiger partial charge in [-0.15, -0.1) is 0 Å². The third-order valence-electron chi connectivity index (χ3n) is 5.63. The predicted octanol–water partition coefficient (Wildman–Crippen LogP) is 5.22. The number of halogens is 3. The van der Waals surface area contributed by atoms with Gasteiger partial charge in [0.15, 0.2) is 5.82 Å². The fourth-order valence-corrected chi connectivity index (χ4v) is 4.01. The lowest BCUT2D eigenvalue weighted by Gasteiger charge is -2.40. The molecule has 0 radical (unpaired) electrons. The fraction of sp³-hybridized carbons (Fsp3) is 0.500. The fourth-order valence-electron chi connectivity index (χ4n) is 3.62. The van der Waals surface area contributed by atoms with Crippen molar-refractivity contribution in [2.45, 2.75) is 39.7 Å². The monoisotopic (exact) mass is 411 g/mol. The van der Waals surface area contributed by atoms with E-state index in [2.05, 4.69) is 9.88 Å². The molecule has 1 aliphatic heterocycles. The molecule has 1 fully saturated rings. The molecule has 0 unspecified atom stereocenters. The van der Waals surface area contributed by atoms with Gasteiger partial charge >= 0.3 is 0 Å². The van der Waals surface area contributed by atoms with Gasteiger partial charge in [-0.05, 0) is 32.3 Å². The molecule has 146 valence electrons. The molecule has 1 aromatic carbocycles. The minimum atomic E-state index is -0.291. The van der Waals surface area contributed by atoms with Crippen LogP contribution in [-0.4, -0.2) is 34.8 Å². The Hall–Kier alpha value is -1.43. The van der Waals surface area contributed by atoms with E-state index in [9.17, 15) is 9.50 Å². The van der Waals surface area contributed by atoms with Crippen LogP contribution in [-0.2, 0) is 6.61 Å². The van der Waals surface area contributed by atoms with E-state index in [4.69, 9.17) is 28.2 Å². The van der Waals surface area contributed by atoms with Crippen molar-refractivity contribution in [3.05, 3.63) is 39.6 Å². The summed E-state index contributed by atoms with van der Waals surface area (Å²) in [6, 6.07) is 5.36. The number of aryl methyl sites for hydroxylation is 1. The summed E-state index contributed by atoms with van der Waals surface area (Å²) in [7, 11) is 0. The van der Waals surface area contributed by atoms with E-state index in [-0.39, 0.29) is 18.7 Å². The zero-order chi connectivity index (χ0) is 19.6. The number of alkyl halides is 1. The predicted molar refractivity (Wildman–Crippen MR) is 108 cm³/mol. The Kier molecular flexibility index (Phi) is 6.24. The van der Waals surface area contributed by atoms with E-state index >= 15 is 0 Å². The van der Waals surface area contributed by atoms with Crippen molar-refractivity contribution in [1.82, 2.24) is 9.97 Å². The molecular weight excluding hydrogens is 388 g/mol. The lowest BCUT2D eigenvalue weighted by atomic mass is 9.77. The van der Waals surface area contributed by atoms with Crippen molar-refractivity contribution in [1.29, 1.82) is 0 Å². The van der Waals surface area contributed by atoms with E-state index in [1.54, 1.807) is 6.07 Å². The van der Waals surface area contributed by atoms with Gasteiger partial charge in [0.05, 0.1) is 34.7 Å². The minimum absolute atomic E-state index is 0.230. The lowest BCUT2D eigenvalue weighted by Crippen LogP contribution is -2.42. The third-order valence-corrected chi connectivity index (χ3v) is 6.45. The summed E-state index contributed by atoms with van der Waals surface area (Å²) in [5, 5.41) is 10.7. The summed E-state index contributed by atoms with van der Waals surface area (Å²) in [6.45, 7) is 4.80. The zero-order valence-electron chi connectivity index (χ0n) is 15.6. The van der Waals surface area contributed by atoms with Crippen molar-refractivity contribution < 1.29 is 9.50 Å². The molecule has 3 rings (SSSR count). The van der Waals surface area contributed by atoms with Crippen molar-refractivity contribution in [2.75, 3.05) is 24.7 Å². The Morgan fingerprint density at radius 2 is 1.93 bits per heavy atom. The smallest absolute Gasteiger partial charge is 0.153 e. The molecule has 0 atom stereocenters. The van der Waals surface area contributed by atoms with E-state index in [0.717, 1.165) is 19.3 Å². The SMILES string of the molecule is CCC1(CF)CCN(c2nc(C)c(-c3cccc(Cl)c3Cl)nc2CO)CC1. The number of anilines is 1. The average molecular weight is 412 g/mol. The highest BCUT2D eigenvalue weighted by Crippen LogP contribution is 2.38. The van der Waals surface area contributed by atoms with Crippen molar-refractivity contribution in [3.63, 3.8) is 0 Å². The first kappa shape index (κ1) is 20.3. The number of nitrogens with zero attached hydrogens (tertiary/aromatic N) is 3. The minimum Gasteiger partial charge on any atom is -0.390 e. The highest BCUT2D eigenvalue weighted by Gasteiger charge is 2.34. The molecule has 0 bridgehead atoms. The van der Waals surface area contributed by atoms with E-state index < -0.39 is 0 Å². The van der Waals surface area contributed by atoms with Crippen LogP contribution in [0.5, 0.6) is 0 Å². The molecule has 7 heteroatoms. The molecule has 1 aromatic heterocycles. The number of aliphatic hydroxyl groups excluding tert-OH is 1. The van der Waals surface area contributed by atoms with Gasteiger partial charge in [-0.2, -0.15) is 0 Å². The molecular formula is C20H24Cl2FN3O. The van der Waals surface area contributed by atoms with Crippen molar-refractivity contribution in [2.24, 2.45) is 5.41 Å². The summed E-state index contributed by atoms with van der Waals surface area (Å²) in [5.41, 5.74) is 2.28. The van der Waals surface area contributed by atoms with Crippen molar-refractivity contribution in [3.8, 4) is 11.3 Å². The van der Waals surface area contributed by atoms with Gasteiger partial charge in [0, 0.05) is 24.1 Å². The summed E-state index contributed by atoms with van der Waals surface area (Å²) >= 11 is 12.5. The molecule has 0 spiro atoms. The van der Waals surface area contributed by atoms with Gasteiger partial charge in [-0.25, -0.2) is 9.97 Å². The molecule has 2 heterocycles. The summed E-state index contributed by atoms with van der Waals surface area (Å²) in [6.07, 6.45) is 2.38. The molecule has 0 saturated carbocycles. The number of aliphatic hydroxyl groups is 1. The van der Waals surface area contributed by atoms with E-state index in [0.29, 0.717) is 51.6 Å². The van der Waals surface area contributed by atoms with Crippen molar-refractivity contribution >= 4 is 29.0 Å². The molecule has 0 amide bonds. The van der Waals surface area contributed by atoms with E-state index in [1.807, 2.05) is 26.0 Å². The normalized spacial score (nSPS) is 16.6. The Labute approximate surface area is 169 Å².